The number of benzene rings is 2. The van der Waals surface area contributed by atoms with Crippen molar-refractivity contribution in [3.8, 4) is 5.75 Å². The molecule has 1 amide bonds. The van der Waals surface area contributed by atoms with Gasteiger partial charge in [0.25, 0.3) is 0 Å². The van der Waals surface area contributed by atoms with Gasteiger partial charge in [-0.2, -0.15) is 0 Å². The summed E-state index contributed by atoms with van der Waals surface area (Å²) in [7, 11) is 0. The number of nitrogens with zero attached hydrogens (tertiary/aromatic N) is 2. The zero-order valence-corrected chi connectivity index (χ0v) is 17.0. The minimum absolute atomic E-state index is 0.123. The van der Waals surface area contributed by atoms with Crippen molar-refractivity contribution in [2.24, 2.45) is 0 Å². The van der Waals surface area contributed by atoms with E-state index >= 15 is 0 Å². The summed E-state index contributed by atoms with van der Waals surface area (Å²) >= 11 is 6.09. The van der Waals surface area contributed by atoms with Crippen LogP contribution >= 0.6 is 11.6 Å². The van der Waals surface area contributed by atoms with E-state index in [0.29, 0.717) is 36.0 Å². The normalized spacial score (nSPS) is 15.2. The van der Waals surface area contributed by atoms with Crippen LogP contribution in [0.5, 0.6) is 5.75 Å². The highest BCUT2D eigenvalue weighted by Gasteiger charge is 2.18. The Balaban J connectivity index is 1.33. The monoisotopic (exact) mass is 420 g/mol. The van der Waals surface area contributed by atoms with Crippen LogP contribution in [-0.4, -0.2) is 61.6 Å². The Labute approximate surface area is 175 Å². The molecule has 0 saturated carbocycles. The van der Waals surface area contributed by atoms with Gasteiger partial charge in [-0.3, -0.25) is 9.69 Å². The zero-order chi connectivity index (χ0) is 20.6. The first-order valence-electron chi connectivity index (χ1n) is 9.68. The fourth-order valence-corrected chi connectivity index (χ4v) is 3.38. The molecule has 1 aliphatic rings. The second-order valence-corrected chi connectivity index (χ2v) is 7.41. The van der Waals surface area contributed by atoms with Gasteiger partial charge in [0.2, 0.25) is 5.91 Å². The minimum Gasteiger partial charge on any atom is -0.491 e. The number of nitrogens with two attached hydrogens (primary N) is 1. The number of anilines is 2. The highest BCUT2D eigenvalue weighted by Crippen LogP contribution is 2.23. The lowest BCUT2D eigenvalue weighted by molar-refractivity contribution is -0.116. The number of amides is 1. The molecular weight excluding hydrogens is 395 g/mol. The molecule has 2 aromatic rings. The average molecular weight is 421 g/mol. The summed E-state index contributed by atoms with van der Waals surface area (Å²) in [6.07, 6.45) is 0.309. The van der Waals surface area contributed by atoms with Gasteiger partial charge in [-0.05, 0) is 30.3 Å². The van der Waals surface area contributed by atoms with Gasteiger partial charge in [0.1, 0.15) is 18.2 Å². The fourth-order valence-electron chi connectivity index (χ4n) is 3.19. The van der Waals surface area contributed by atoms with E-state index < -0.39 is 5.82 Å². The molecule has 0 bridgehead atoms. The van der Waals surface area contributed by atoms with Crippen LogP contribution < -0.4 is 15.8 Å². The van der Waals surface area contributed by atoms with Crippen LogP contribution in [0.1, 0.15) is 6.42 Å². The van der Waals surface area contributed by atoms with Crippen molar-refractivity contribution >= 4 is 28.9 Å². The van der Waals surface area contributed by atoms with E-state index in [9.17, 15) is 9.18 Å². The topological polar surface area (TPSA) is 70.8 Å². The van der Waals surface area contributed by atoms with Crippen molar-refractivity contribution in [2.45, 2.75) is 6.42 Å². The van der Waals surface area contributed by atoms with E-state index in [1.165, 1.54) is 18.2 Å². The fraction of sp³-hybridized carbons (Fsp3) is 0.381. The molecular formula is C21H26ClFN4O2. The molecule has 6 nitrogen and oxygen atoms in total. The predicted molar refractivity (Wildman–Crippen MR) is 114 cm³/mol. The van der Waals surface area contributed by atoms with E-state index in [1.54, 1.807) is 0 Å². The third kappa shape index (κ3) is 6.59. The smallest absolute Gasteiger partial charge is 0.225 e. The third-order valence-electron chi connectivity index (χ3n) is 4.89. The van der Waals surface area contributed by atoms with Crippen molar-refractivity contribution in [2.75, 3.05) is 56.9 Å². The van der Waals surface area contributed by atoms with Crippen LogP contribution in [0.4, 0.5) is 15.8 Å². The van der Waals surface area contributed by atoms with Gasteiger partial charge in [0, 0.05) is 51.4 Å². The van der Waals surface area contributed by atoms with Crippen LogP contribution in [0.15, 0.2) is 42.5 Å². The Hall–Kier alpha value is -2.35. The lowest BCUT2D eigenvalue weighted by Crippen LogP contribution is -2.48. The molecule has 0 aliphatic carbocycles. The van der Waals surface area contributed by atoms with E-state index in [0.717, 1.165) is 32.7 Å². The van der Waals surface area contributed by atoms with Gasteiger partial charge in [0.15, 0.2) is 0 Å². The average Bonchev–Trinajstić information content (AvgIpc) is 2.71. The van der Waals surface area contributed by atoms with Crippen LogP contribution in [0.25, 0.3) is 0 Å². The molecule has 2 aromatic carbocycles. The maximum absolute atomic E-state index is 13.7. The van der Waals surface area contributed by atoms with Crippen molar-refractivity contribution in [3.05, 3.63) is 53.3 Å². The third-order valence-corrected chi connectivity index (χ3v) is 5.20. The zero-order valence-electron chi connectivity index (χ0n) is 16.2. The summed E-state index contributed by atoms with van der Waals surface area (Å²) < 4.78 is 19.4. The molecule has 0 radical (unpaired) electrons. The second kappa shape index (κ2) is 10.4. The van der Waals surface area contributed by atoms with Crippen LogP contribution in [0.3, 0.4) is 0 Å². The second-order valence-electron chi connectivity index (χ2n) is 7.00. The summed E-state index contributed by atoms with van der Waals surface area (Å²) in [6.45, 7) is 5.64. The molecule has 29 heavy (non-hydrogen) atoms. The highest BCUT2D eigenvalue weighted by atomic mass is 35.5. The molecule has 1 saturated heterocycles. The molecule has 0 spiro atoms. The summed E-state index contributed by atoms with van der Waals surface area (Å²) in [4.78, 5) is 16.7. The summed E-state index contributed by atoms with van der Waals surface area (Å²) in [5.74, 6) is 0.000618. The molecule has 1 heterocycles. The number of rotatable bonds is 8. The Morgan fingerprint density at radius 2 is 1.79 bits per heavy atom. The number of carbonyl (C=O) groups excluding carboxylic acids is 1. The number of hydrogen-bond donors (Lipinski definition) is 2. The van der Waals surface area contributed by atoms with Crippen LogP contribution in [0.2, 0.25) is 5.02 Å². The molecule has 3 N–H and O–H groups in total. The van der Waals surface area contributed by atoms with E-state index in [-0.39, 0.29) is 11.6 Å². The minimum atomic E-state index is -0.486. The van der Waals surface area contributed by atoms with Gasteiger partial charge in [-0.1, -0.05) is 23.7 Å². The van der Waals surface area contributed by atoms with Gasteiger partial charge in [0.05, 0.1) is 10.7 Å². The molecule has 3 rings (SSSR count). The number of carbonyl (C=O) groups is 1. The van der Waals surface area contributed by atoms with E-state index in [4.69, 9.17) is 22.1 Å². The number of para-hydroxylation sites is 1. The number of nitrogens with one attached hydrogen (secondary N) is 1. The SMILES string of the molecule is Nc1ccc(F)c(NC(=O)CCN2CCN(CCOc3ccccc3Cl)CC2)c1. The number of halogens is 2. The Bertz CT molecular complexity index is 828. The lowest BCUT2D eigenvalue weighted by atomic mass is 10.2. The number of ether oxygens (including phenoxy) is 1. The number of piperazine rings is 1. The first-order chi connectivity index (χ1) is 14.0. The van der Waals surface area contributed by atoms with Gasteiger partial charge in [-0.15, -0.1) is 0 Å². The Kier molecular flexibility index (Phi) is 7.69. The van der Waals surface area contributed by atoms with Crippen molar-refractivity contribution in [1.82, 2.24) is 9.80 Å². The number of nitrogen functional groups attached to an aromatic ring is 1. The molecule has 0 unspecified atom stereocenters. The molecule has 1 fully saturated rings. The van der Waals surface area contributed by atoms with Crippen molar-refractivity contribution in [1.29, 1.82) is 0 Å². The van der Waals surface area contributed by atoms with Crippen LogP contribution in [0, 0.1) is 5.82 Å². The lowest BCUT2D eigenvalue weighted by Gasteiger charge is -2.34. The van der Waals surface area contributed by atoms with E-state index in [1.807, 2.05) is 24.3 Å². The number of hydrogen-bond acceptors (Lipinski definition) is 5. The Morgan fingerprint density at radius 1 is 1.10 bits per heavy atom. The summed E-state index contributed by atoms with van der Waals surface area (Å²) in [5.41, 5.74) is 6.17. The Morgan fingerprint density at radius 3 is 2.52 bits per heavy atom. The largest absolute Gasteiger partial charge is 0.491 e. The maximum Gasteiger partial charge on any atom is 0.225 e. The summed E-state index contributed by atoms with van der Waals surface area (Å²) in [6, 6.07) is 11.6. The molecule has 0 atom stereocenters. The molecule has 156 valence electrons. The highest BCUT2D eigenvalue weighted by molar-refractivity contribution is 6.32. The van der Waals surface area contributed by atoms with Crippen molar-refractivity contribution in [3.63, 3.8) is 0 Å². The van der Waals surface area contributed by atoms with Gasteiger partial charge >= 0.3 is 0 Å². The molecule has 8 heteroatoms. The van der Waals surface area contributed by atoms with Crippen LogP contribution in [-0.2, 0) is 4.79 Å². The predicted octanol–water partition coefficient (Wildman–Crippen LogP) is 3.09. The van der Waals surface area contributed by atoms with Gasteiger partial charge in [-0.25, -0.2) is 4.39 Å². The van der Waals surface area contributed by atoms with Crippen molar-refractivity contribution < 1.29 is 13.9 Å². The first-order valence-corrected chi connectivity index (χ1v) is 10.1. The standard InChI is InChI=1S/C21H26ClFN4O2/c22-17-3-1-2-4-20(17)29-14-13-27-11-9-26(10-12-27)8-7-21(28)25-19-15-16(24)5-6-18(19)23/h1-6,15H,7-14,24H2,(H,25,28). The van der Waals surface area contributed by atoms with E-state index in [2.05, 4.69) is 15.1 Å². The molecule has 1 aliphatic heterocycles. The summed E-state index contributed by atoms with van der Waals surface area (Å²) in [5, 5.41) is 3.21. The quantitative estimate of drug-likeness (QED) is 0.642. The first kappa shape index (κ1) is 21.4. The molecule has 0 aromatic heterocycles. The van der Waals surface area contributed by atoms with Gasteiger partial charge < -0.3 is 20.7 Å². The maximum atomic E-state index is 13.7.